The molecule has 29 heavy (non-hydrogen) atoms. The molecule has 10 heteroatoms. The minimum atomic E-state index is -0.339. The van der Waals surface area contributed by atoms with Gasteiger partial charge in [-0.15, -0.1) is 23.2 Å². The molecule has 0 aliphatic heterocycles. The Morgan fingerprint density at radius 2 is 1.72 bits per heavy atom. The van der Waals surface area contributed by atoms with Gasteiger partial charge in [-0.05, 0) is 36.1 Å². The molecule has 1 atom stereocenters. The van der Waals surface area contributed by atoms with Gasteiger partial charge in [-0.1, -0.05) is 17.2 Å². The molecule has 0 saturated heterocycles. The molecule has 0 aliphatic carbocycles. The number of alkyl halides is 2. The second kappa shape index (κ2) is 16.1. The second-order valence-corrected chi connectivity index (χ2v) is 7.06. The van der Waals surface area contributed by atoms with E-state index in [0.717, 1.165) is 24.3 Å². The number of benzene rings is 1. The molecule has 1 aromatic carbocycles. The van der Waals surface area contributed by atoms with Crippen LogP contribution in [0, 0.1) is 5.92 Å². The summed E-state index contributed by atoms with van der Waals surface area (Å²) in [7, 11) is 0. The maximum atomic E-state index is 11.8. The largest absolute Gasteiger partial charge is 0.379 e. The minimum Gasteiger partial charge on any atom is -0.379 e. The topological polar surface area (TPSA) is 114 Å². The second-order valence-electron chi connectivity index (χ2n) is 6.30. The van der Waals surface area contributed by atoms with Crippen LogP contribution in [0.4, 0.5) is 5.69 Å². The summed E-state index contributed by atoms with van der Waals surface area (Å²) >= 11 is 11.7. The number of halogens is 2. The van der Waals surface area contributed by atoms with Crippen LogP contribution in [0.1, 0.15) is 12.0 Å². The number of anilines is 1. The third-order valence-electron chi connectivity index (χ3n) is 4.28. The maximum Gasteiger partial charge on any atom is 0.220 e. The highest BCUT2D eigenvalue weighted by Crippen LogP contribution is 2.19. The lowest BCUT2D eigenvalue weighted by molar-refractivity contribution is -0.122. The van der Waals surface area contributed by atoms with Gasteiger partial charge in [-0.2, -0.15) is 0 Å². The van der Waals surface area contributed by atoms with E-state index >= 15 is 0 Å². The molecule has 1 amide bonds. The molecule has 162 valence electrons. The van der Waals surface area contributed by atoms with Crippen molar-refractivity contribution in [3.8, 4) is 0 Å². The van der Waals surface area contributed by atoms with Gasteiger partial charge in [0.25, 0.3) is 0 Å². The van der Waals surface area contributed by atoms with Gasteiger partial charge in [-0.3, -0.25) is 4.79 Å². The predicted octanol–water partition coefficient (Wildman–Crippen LogP) is 3.35. The van der Waals surface area contributed by atoms with Gasteiger partial charge in [0.1, 0.15) is 0 Å². The van der Waals surface area contributed by atoms with Crippen molar-refractivity contribution in [2.75, 3.05) is 62.7 Å². The molecule has 0 heterocycles. The third-order valence-corrected chi connectivity index (χ3v) is 4.61. The van der Waals surface area contributed by atoms with Crippen molar-refractivity contribution in [1.29, 1.82) is 0 Å². The number of rotatable bonds is 17. The van der Waals surface area contributed by atoms with E-state index < -0.39 is 0 Å². The number of primary amides is 1. The third kappa shape index (κ3) is 11.2. The lowest BCUT2D eigenvalue weighted by Crippen LogP contribution is -2.28. The zero-order chi connectivity index (χ0) is 21.3. The first-order chi connectivity index (χ1) is 14.1. The number of hydrogen-bond donors (Lipinski definition) is 1. The van der Waals surface area contributed by atoms with Crippen molar-refractivity contribution in [2.24, 2.45) is 16.8 Å². The highest BCUT2D eigenvalue weighted by Gasteiger charge is 2.16. The normalized spacial score (nSPS) is 11.7. The number of carbonyl (C=O) groups excluding carboxylic acids is 1. The zero-order valence-electron chi connectivity index (χ0n) is 16.5. The van der Waals surface area contributed by atoms with E-state index in [1.807, 2.05) is 24.3 Å². The number of azide groups is 1. The fourth-order valence-electron chi connectivity index (χ4n) is 2.74. The Kier molecular flexibility index (Phi) is 14.1. The first kappa shape index (κ1) is 25.3. The van der Waals surface area contributed by atoms with E-state index in [9.17, 15) is 4.79 Å². The number of carbonyl (C=O) groups is 1. The number of nitrogens with two attached hydrogens (primary N) is 1. The van der Waals surface area contributed by atoms with Crippen molar-refractivity contribution in [1.82, 2.24) is 0 Å². The van der Waals surface area contributed by atoms with Gasteiger partial charge >= 0.3 is 0 Å². The molecule has 1 unspecified atom stereocenters. The van der Waals surface area contributed by atoms with Crippen LogP contribution in [-0.4, -0.2) is 63.7 Å². The molecular weight excluding hydrogens is 417 g/mol. The molecule has 0 fully saturated rings. The van der Waals surface area contributed by atoms with E-state index in [2.05, 4.69) is 14.9 Å². The van der Waals surface area contributed by atoms with Crippen LogP contribution in [0.5, 0.6) is 0 Å². The first-order valence-corrected chi connectivity index (χ1v) is 10.6. The van der Waals surface area contributed by atoms with Crippen molar-refractivity contribution in [2.45, 2.75) is 12.8 Å². The van der Waals surface area contributed by atoms with Crippen LogP contribution >= 0.6 is 23.2 Å². The number of hydrogen-bond acceptors (Lipinski definition) is 5. The molecule has 0 radical (unpaired) electrons. The SMILES string of the molecule is [N-]=[N+]=NCCOCCOCCC(Cc1ccc(N(CCCl)CCCl)cc1)C(N)=O. The van der Waals surface area contributed by atoms with Crippen molar-refractivity contribution < 1.29 is 14.3 Å². The Labute approximate surface area is 181 Å². The molecular formula is C19H29Cl2N5O3. The number of ether oxygens (including phenoxy) is 2. The summed E-state index contributed by atoms with van der Waals surface area (Å²) in [6.07, 6.45) is 1.10. The summed E-state index contributed by atoms with van der Waals surface area (Å²) in [6, 6.07) is 8.02. The average Bonchev–Trinajstić information content (AvgIpc) is 2.72. The molecule has 0 bridgehead atoms. The van der Waals surface area contributed by atoms with Gasteiger partial charge in [0, 0.05) is 54.5 Å². The summed E-state index contributed by atoms with van der Waals surface area (Å²) in [4.78, 5) is 16.5. The molecule has 0 saturated carbocycles. The lowest BCUT2D eigenvalue weighted by Gasteiger charge is -2.23. The summed E-state index contributed by atoms with van der Waals surface area (Å²) in [5, 5.41) is 3.37. The fraction of sp³-hybridized carbons (Fsp3) is 0.632. The van der Waals surface area contributed by atoms with E-state index in [1.165, 1.54) is 0 Å². The Balaban J connectivity index is 2.41. The summed E-state index contributed by atoms with van der Waals surface area (Å²) in [6.45, 7) is 3.35. The van der Waals surface area contributed by atoms with Crippen molar-refractivity contribution in [3.63, 3.8) is 0 Å². The molecule has 1 rings (SSSR count). The quantitative estimate of drug-likeness (QED) is 0.130. The molecule has 0 spiro atoms. The minimum absolute atomic E-state index is 0.298. The Morgan fingerprint density at radius 1 is 1.10 bits per heavy atom. The fourth-order valence-corrected chi connectivity index (χ4v) is 3.15. The van der Waals surface area contributed by atoms with Gasteiger partial charge < -0.3 is 20.1 Å². The van der Waals surface area contributed by atoms with Crippen LogP contribution in [-0.2, 0) is 20.7 Å². The monoisotopic (exact) mass is 445 g/mol. The smallest absolute Gasteiger partial charge is 0.220 e. The van der Waals surface area contributed by atoms with Crippen LogP contribution in [0.2, 0.25) is 0 Å². The molecule has 2 N–H and O–H groups in total. The summed E-state index contributed by atoms with van der Waals surface area (Å²) in [5.74, 6) is 0.422. The highest BCUT2D eigenvalue weighted by atomic mass is 35.5. The van der Waals surface area contributed by atoms with E-state index in [-0.39, 0.29) is 11.8 Å². The average molecular weight is 446 g/mol. The number of amides is 1. The van der Waals surface area contributed by atoms with E-state index in [1.54, 1.807) is 0 Å². The number of nitrogens with zero attached hydrogens (tertiary/aromatic N) is 4. The highest BCUT2D eigenvalue weighted by molar-refractivity contribution is 6.18. The Hall–Kier alpha value is -1.70. The van der Waals surface area contributed by atoms with Crippen molar-refractivity contribution in [3.05, 3.63) is 40.3 Å². The van der Waals surface area contributed by atoms with Gasteiger partial charge in [0.05, 0.1) is 19.8 Å². The van der Waals surface area contributed by atoms with Crippen LogP contribution < -0.4 is 10.6 Å². The van der Waals surface area contributed by atoms with Crippen molar-refractivity contribution >= 4 is 34.8 Å². The standard InChI is InChI=1S/C19H29Cl2N5O3/c20-6-9-26(10-7-21)18-3-1-16(2-4-18)15-17(19(22)27)5-11-28-13-14-29-12-8-24-25-23/h1-4,17H,5-15H2,(H2,22,27). The van der Waals surface area contributed by atoms with Crippen LogP contribution in [0.15, 0.2) is 29.4 Å². The first-order valence-electron chi connectivity index (χ1n) is 9.53. The predicted molar refractivity (Wildman–Crippen MR) is 117 cm³/mol. The molecule has 0 aliphatic rings. The van der Waals surface area contributed by atoms with E-state index in [0.29, 0.717) is 57.6 Å². The summed E-state index contributed by atoms with van der Waals surface area (Å²) < 4.78 is 10.7. The Bertz CT molecular complexity index is 621. The van der Waals surface area contributed by atoms with Crippen LogP contribution in [0.3, 0.4) is 0 Å². The van der Waals surface area contributed by atoms with Gasteiger partial charge in [0.15, 0.2) is 0 Å². The molecule has 0 aromatic heterocycles. The van der Waals surface area contributed by atoms with Crippen LogP contribution in [0.25, 0.3) is 10.4 Å². The maximum absolute atomic E-state index is 11.8. The Morgan fingerprint density at radius 3 is 2.28 bits per heavy atom. The molecule has 8 nitrogen and oxygen atoms in total. The molecule has 1 aromatic rings. The lowest BCUT2D eigenvalue weighted by atomic mass is 9.95. The van der Waals surface area contributed by atoms with Gasteiger partial charge in [0.2, 0.25) is 5.91 Å². The zero-order valence-corrected chi connectivity index (χ0v) is 18.0. The summed E-state index contributed by atoms with van der Waals surface area (Å²) in [5.41, 5.74) is 15.8. The van der Waals surface area contributed by atoms with E-state index in [4.69, 9.17) is 43.9 Å². The van der Waals surface area contributed by atoms with Gasteiger partial charge in [-0.25, -0.2) is 0 Å².